The fraction of sp³-hybridized carbons (Fsp3) is 0.552. The van der Waals surface area contributed by atoms with Gasteiger partial charge in [0.15, 0.2) is 11.5 Å². The Balaban J connectivity index is 1.96. The molecule has 0 aliphatic carbocycles. The van der Waals surface area contributed by atoms with Crippen LogP contribution < -0.4 is 9.47 Å². The second-order valence-electron chi connectivity index (χ2n) is 8.70. The van der Waals surface area contributed by atoms with Gasteiger partial charge in [-0.3, -0.25) is 0 Å². The molecule has 4 heteroatoms. The number of para-hydroxylation sites is 2. The summed E-state index contributed by atoms with van der Waals surface area (Å²) in [7, 11) is 0. The van der Waals surface area contributed by atoms with Crippen LogP contribution in [0.5, 0.6) is 11.5 Å². The molecular formula is C29H42O4. The van der Waals surface area contributed by atoms with Crippen LogP contribution in [0.25, 0.3) is 0 Å². The van der Waals surface area contributed by atoms with Crippen molar-refractivity contribution in [2.45, 2.75) is 97.7 Å². The monoisotopic (exact) mass is 454 g/mol. The summed E-state index contributed by atoms with van der Waals surface area (Å²) >= 11 is 0. The lowest BCUT2D eigenvalue weighted by molar-refractivity contribution is 0.0626. The zero-order chi connectivity index (χ0) is 23.9. The molecular weight excluding hydrogens is 412 g/mol. The number of hydrogen-bond donors (Lipinski definition) is 0. The van der Waals surface area contributed by atoms with Crippen molar-refractivity contribution < 1.29 is 19.0 Å². The van der Waals surface area contributed by atoms with Crippen molar-refractivity contribution in [3.05, 3.63) is 59.7 Å². The van der Waals surface area contributed by atoms with E-state index >= 15 is 0 Å². The van der Waals surface area contributed by atoms with Crippen molar-refractivity contribution in [1.29, 1.82) is 0 Å². The summed E-state index contributed by atoms with van der Waals surface area (Å²) in [5.74, 6) is 0.710. The lowest BCUT2D eigenvalue weighted by Crippen LogP contribution is -2.17. The van der Waals surface area contributed by atoms with Crippen LogP contribution in [0.2, 0.25) is 0 Å². The Hall–Kier alpha value is -2.33. The number of carbonyl (C=O) groups excluding carboxylic acids is 1. The van der Waals surface area contributed by atoms with Crippen molar-refractivity contribution in [3.63, 3.8) is 0 Å². The smallest absolute Gasteiger partial charge is 0.343 e. The van der Waals surface area contributed by atoms with Gasteiger partial charge in [-0.2, -0.15) is 0 Å². The third-order valence-electron chi connectivity index (χ3n) is 5.82. The quantitative estimate of drug-likeness (QED) is 0.145. The number of unbranched alkanes of at least 4 members (excludes halogenated alkanes) is 4. The van der Waals surface area contributed by atoms with E-state index in [2.05, 4.69) is 20.8 Å². The second-order valence-corrected chi connectivity index (χ2v) is 8.70. The lowest BCUT2D eigenvalue weighted by Gasteiger charge is -2.20. The largest absolute Gasteiger partial charge is 0.487 e. The van der Waals surface area contributed by atoms with Crippen LogP contribution in [0.15, 0.2) is 48.5 Å². The molecule has 2 rings (SSSR count). The Kier molecular flexibility index (Phi) is 12.6. The van der Waals surface area contributed by atoms with Gasteiger partial charge in [-0.15, -0.1) is 0 Å². The highest BCUT2D eigenvalue weighted by Crippen LogP contribution is 2.30. The first kappa shape index (κ1) is 26.9. The van der Waals surface area contributed by atoms with E-state index < -0.39 is 0 Å². The average Bonchev–Trinajstić information content (AvgIpc) is 2.83. The van der Waals surface area contributed by atoms with E-state index in [0.29, 0.717) is 17.1 Å². The summed E-state index contributed by atoms with van der Waals surface area (Å²) in [6.07, 6.45) is 10.2. The first-order valence-corrected chi connectivity index (χ1v) is 12.8. The third-order valence-corrected chi connectivity index (χ3v) is 5.82. The Labute approximate surface area is 200 Å². The third kappa shape index (κ3) is 9.59. The molecule has 0 aromatic heterocycles. The van der Waals surface area contributed by atoms with Crippen molar-refractivity contribution in [2.75, 3.05) is 6.61 Å². The number of carbonyl (C=O) groups is 1. The fourth-order valence-electron chi connectivity index (χ4n) is 3.76. The molecule has 0 heterocycles. The van der Waals surface area contributed by atoms with Gasteiger partial charge in [0, 0.05) is 6.61 Å². The lowest BCUT2D eigenvalue weighted by atomic mass is 10.1. The minimum absolute atomic E-state index is 0.00411. The zero-order valence-electron chi connectivity index (χ0n) is 21.0. The van der Waals surface area contributed by atoms with Crippen LogP contribution >= 0.6 is 0 Å². The summed E-state index contributed by atoms with van der Waals surface area (Å²) in [6.45, 7) is 9.37. The van der Waals surface area contributed by atoms with Gasteiger partial charge in [0.05, 0.1) is 17.8 Å². The van der Waals surface area contributed by atoms with E-state index in [0.717, 1.165) is 50.7 Å². The first-order chi connectivity index (χ1) is 16.1. The molecule has 0 N–H and O–H groups in total. The van der Waals surface area contributed by atoms with E-state index in [1.807, 2.05) is 37.3 Å². The highest BCUT2D eigenvalue weighted by atomic mass is 16.6. The van der Waals surface area contributed by atoms with Gasteiger partial charge in [0.1, 0.15) is 0 Å². The molecule has 0 saturated heterocycles. The van der Waals surface area contributed by atoms with Crippen molar-refractivity contribution in [2.24, 2.45) is 0 Å². The van der Waals surface area contributed by atoms with Gasteiger partial charge < -0.3 is 14.2 Å². The van der Waals surface area contributed by atoms with E-state index in [1.165, 1.54) is 19.3 Å². The van der Waals surface area contributed by atoms with Crippen LogP contribution in [0.4, 0.5) is 0 Å². The highest BCUT2D eigenvalue weighted by molar-refractivity contribution is 5.91. The molecule has 0 radical (unpaired) electrons. The van der Waals surface area contributed by atoms with Crippen LogP contribution in [0.1, 0.15) is 108 Å². The molecule has 0 spiro atoms. The highest BCUT2D eigenvalue weighted by Gasteiger charge is 2.16. The molecule has 33 heavy (non-hydrogen) atoms. The zero-order valence-corrected chi connectivity index (χ0v) is 21.0. The van der Waals surface area contributed by atoms with Crippen molar-refractivity contribution >= 4 is 5.97 Å². The molecule has 2 aromatic carbocycles. The predicted molar refractivity (Wildman–Crippen MR) is 135 cm³/mol. The molecule has 0 bridgehead atoms. The van der Waals surface area contributed by atoms with Gasteiger partial charge in [-0.25, -0.2) is 4.79 Å². The van der Waals surface area contributed by atoms with Gasteiger partial charge in [0.25, 0.3) is 0 Å². The average molecular weight is 455 g/mol. The van der Waals surface area contributed by atoms with E-state index in [-0.39, 0.29) is 18.2 Å². The standard InChI is InChI=1S/C29H42O4/c1-5-8-10-13-22-31-23(4)24-18-20-25(21-19-24)29(30)33-28-17-12-11-16-27(28)32-26(14-7-3)15-9-6-2/h11-12,16-21,23,26H,5-10,13-15,22H2,1-4H3. The van der Waals surface area contributed by atoms with Crippen LogP contribution in [0.3, 0.4) is 0 Å². The number of ether oxygens (including phenoxy) is 3. The Morgan fingerprint density at radius 3 is 2.15 bits per heavy atom. The normalized spacial score (nSPS) is 12.8. The summed E-state index contributed by atoms with van der Waals surface area (Å²) in [5, 5.41) is 0. The van der Waals surface area contributed by atoms with Gasteiger partial charge in [-0.05, 0) is 56.0 Å². The molecule has 0 aliphatic rings. The van der Waals surface area contributed by atoms with E-state index in [4.69, 9.17) is 14.2 Å². The topological polar surface area (TPSA) is 44.8 Å². The minimum atomic E-state index is -0.383. The summed E-state index contributed by atoms with van der Waals surface area (Å²) in [4.78, 5) is 12.8. The molecule has 182 valence electrons. The van der Waals surface area contributed by atoms with E-state index in [9.17, 15) is 4.79 Å². The summed E-state index contributed by atoms with van der Waals surface area (Å²) in [6, 6.07) is 14.9. The van der Waals surface area contributed by atoms with Gasteiger partial charge in [-0.1, -0.05) is 83.6 Å². The molecule has 0 amide bonds. The minimum Gasteiger partial charge on any atom is -0.487 e. The number of hydrogen-bond acceptors (Lipinski definition) is 4. The summed E-state index contributed by atoms with van der Waals surface area (Å²) in [5.41, 5.74) is 1.57. The predicted octanol–water partition coefficient (Wildman–Crippen LogP) is 8.30. The molecule has 0 aliphatic heterocycles. The maximum Gasteiger partial charge on any atom is 0.343 e. The molecule has 2 atom stereocenters. The summed E-state index contributed by atoms with van der Waals surface area (Å²) < 4.78 is 17.9. The van der Waals surface area contributed by atoms with Gasteiger partial charge in [0.2, 0.25) is 0 Å². The maximum atomic E-state index is 12.8. The van der Waals surface area contributed by atoms with E-state index in [1.54, 1.807) is 18.2 Å². The molecule has 2 aromatic rings. The Morgan fingerprint density at radius 1 is 0.788 bits per heavy atom. The van der Waals surface area contributed by atoms with Crippen LogP contribution in [0, 0.1) is 0 Å². The molecule has 0 saturated carbocycles. The van der Waals surface area contributed by atoms with Gasteiger partial charge >= 0.3 is 5.97 Å². The second kappa shape index (κ2) is 15.5. The molecule has 2 unspecified atom stereocenters. The van der Waals surface area contributed by atoms with Crippen LogP contribution in [-0.4, -0.2) is 18.7 Å². The fourth-order valence-corrected chi connectivity index (χ4v) is 3.76. The van der Waals surface area contributed by atoms with Crippen molar-refractivity contribution in [1.82, 2.24) is 0 Å². The SMILES string of the molecule is CCCCCCOC(C)c1ccc(C(=O)Oc2ccccc2OC(CCC)CCCC)cc1. The molecule has 4 nitrogen and oxygen atoms in total. The van der Waals surface area contributed by atoms with Crippen LogP contribution in [-0.2, 0) is 4.74 Å². The molecule has 0 fully saturated rings. The maximum absolute atomic E-state index is 12.8. The Bertz CT molecular complexity index is 800. The Morgan fingerprint density at radius 2 is 1.48 bits per heavy atom. The number of esters is 1. The van der Waals surface area contributed by atoms with Crippen molar-refractivity contribution in [3.8, 4) is 11.5 Å². The first-order valence-electron chi connectivity index (χ1n) is 12.8. The number of rotatable bonds is 16. The number of benzene rings is 2.